The first-order valence-corrected chi connectivity index (χ1v) is 11.2. The van der Waals surface area contributed by atoms with Crippen molar-refractivity contribution in [2.24, 2.45) is 4.99 Å². The molecule has 1 aliphatic carbocycles. The highest BCUT2D eigenvalue weighted by Gasteiger charge is 2.27. The molecule has 6 nitrogen and oxygen atoms in total. The summed E-state index contributed by atoms with van der Waals surface area (Å²) in [6.07, 6.45) is 1.82. The van der Waals surface area contributed by atoms with Gasteiger partial charge in [-0.3, -0.25) is 0 Å². The van der Waals surface area contributed by atoms with Gasteiger partial charge in [0.05, 0.1) is 11.4 Å². The second kappa shape index (κ2) is 11.1. The maximum atomic E-state index is 13.4. The Morgan fingerprint density at radius 2 is 1.77 bits per heavy atom. The number of sulfonamides is 1. The van der Waals surface area contributed by atoms with Crippen LogP contribution in [-0.4, -0.2) is 27.0 Å². The van der Waals surface area contributed by atoms with Crippen LogP contribution in [0.3, 0.4) is 0 Å². The maximum absolute atomic E-state index is 13.4. The van der Waals surface area contributed by atoms with Crippen LogP contribution >= 0.6 is 24.0 Å². The number of nitrogens with one attached hydrogen (secondary N) is 3. The van der Waals surface area contributed by atoms with Gasteiger partial charge in [-0.15, -0.1) is 24.0 Å². The predicted octanol–water partition coefficient (Wildman–Crippen LogP) is 3.45. The van der Waals surface area contributed by atoms with Gasteiger partial charge in [0.15, 0.2) is 5.96 Å². The van der Waals surface area contributed by atoms with Crippen molar-refractivity contribution in [3.63, 3.8) is 0 Å². The van der Waals surface area contributed by atoms with Gasteiger partial charge >= 0.3 is 0 Å². The summed E-state index contributed by atoms with van der Waals surface area (Å²) in [4.78, 5) is 4.81. The number of hydrogen-bond donors (Lipinski definition) is 3. The SMILES string of the molecule is CCNC(=NCc1ccc(F)c(C)c1)NCc1ccc(S(=O)(=O)NC2CC2)cc1.I. The molecule has 0 amide bonds. The summed E-state index contributed by atoms with van der Waals surface area (Å²) in [6, 6.07) is 11.9. The Balaban J connectivity index is 0.00000320. The van der Waals surface area contributed by atoms with Gasteiger partial charge in [0, 0.05) is 19.1 Å². The Labute approximate surface area is 194 Å². The molecule has 0 heterocycles. The average Bonchev–Trinajstić information content (AvgIpc) is 3.50. The van der Waals surface area contributed by atoms with Crippen molar-refractivity contribution in [2.75, 3.05) is 6.54 Å². The number of guanidine groups is 1. The van der Waals surface area contributed by atoms with Crippen LogP contribution in [0.1, 0.15) is 36.5 Å². The molecule has 1 aliphatic rings. The van der Waals surface area contributed by atoms with E-state index in [1.807, 2.05) is 6.92 Å². The molecule has 0 aromatic heterocycles. The molecule has 2 aromatic rings. The highest BCUT2D eigenvalue weighted by molar-refractivity contribution is 14.0. The van der Waals surface area contributed by atoms with Crippen molar-refractivity contribution in [1.29, 1.82) is 0 Å². The van der Waals surface area contributed by atoms with Crippen molar-refractivity contribution in [1.82, 2.24) is 15.4 Å². The summed E-state index contributed by atoms with van der Waals surface area (Å²) in [5.74, 6) is 0.419. The number of halogens is 2. The van der Waals surface area contributed by atoms with Crippen molar-refractivity contribution in [2.45, 2.75) is 50.7 Å². The van der Waals surface area contributed by atoms with Gasteiger partial charge < -0.3 is 10.6 Å². The van der Waals surface area contributed by atoms with Crippen LogP contribution in [0, 0.1) is 12.7 Å². The number of rotatable bonds is 8. The Kier molecular flexibility index (Phi) is 9.05. The van der Waals surface area contributed by atoms with Crippen LogP contribution in [0.4, 0.5) is 4.39 Å². The second-order valence-corrected chi connectivity index (χ2v) is 8.89. The monoisotopic (exact) mass is 546 g/mol. The fraction of sp³-hybridized carbons (Fsp3) is 0.381. The van der Waals surface area contributed by atoms with Crippen molar-refractivity contribution in [3.05, 3.63) is 65.0 Å². The van der Waals surface area contributed by atoms with E-state index >= 15 is 0 Å². The van der Waals surface area contributed by atoms with E-state index < -0.39 is 10.0 Å². The smallest absolute Gasteiger partial charge is 0.240 e. The lowest BCUT2D eigenvalue weighted by Crippen LogP contribution is -2.36. The molecular formula is C21H28FIN4O2S. The van der Waals surface area contributed by atoms with Crippen LogP contribution in [-0.2, 0) is 23.1 Å². The summed E-state index contributed by atoms with van der Waals surface area (Å²) in [7, 11) is -3.43. The largest absolute Gasteiger partial charge is 0.357 e. The zero-order valence-electron chi connectivity index (χ0n) is 17.1. The molecule has 0 bridgehead atoms. The van der Waals surface area contributed by atoms with Crippen molar-refractivity contribution < 1.29 is 12.8 Å². The maximum Gasteiger partial charge on any atom is 0.240 e. The van der Waals surface area contributed by atoms with Gasteiger partial charge in [0.25, 0.3) is 0 Å². The fourth-order valence-electron chi connectivity index (χ4n) is 2.78. The first-order valence-electron chi connectivity index (χ1n) is 9.76. The van der Waals surface area contributed by atoms with E-state index in [0.717, 1.165) is 24.0 Å². The molecule has 9 heteroatoms. The molecule has 0 atom stereocenters. The molecule has 2 aromatic carbocycles. The number of aryl methyl sites for hydroxylation is 1. The normalized spacial score (nSPS) is 14.2. The molecule has 3 N–H and O–H groups in total. The summed E-state index contributed by atoms with van der Waals surface area (Å²) >= 11 is 0. The molecule has 1 saturated carbocycles. The van der Waals surface area contributed by atoms with Gasteiger partial charge in [0.1, 0.15) is 5.82 Å². The third-order valence-corrected chi connectivity index (χ3v) is 6.12. The second-order valence-electron chi connectivity index (χ2n) is 7.17. The molecule has 0 aliphatic heterocycles. The van der Waals surface area contributed by atoms with Crippen molar-refractivity contribution >= 4 is 40.0 Å². The van der Waals surface area contributed by atoms with E-state index in [2.05, 4.69) is 20.3 Å². The highest BCUT2D eigenvalue weighted by Crippen LogP contribution is 2.22. The molecule has 30 heavy (non-hydrogen) atoms. The Morgan fingerprint density at radius 1 is 1.10 bits per heavy atom. The lowest BCUT2D eigenvalue weighted by molar-refractivity contribution is 0.581. The van der Waals surface area contributed by atoms with E-state index in [0.29, 0.717) is 31.2 Å². The van der Waals surface area contributed by atoms with E-state index in [-0.39, 0.29) is 40.7 Å². The van der Waals surface area contributed by atoms with Gasteiger partial charge in [-0.25, -0.2) is 22.5 Å². The summed E-state index contributed by atoms with van der Waals surface area (Å²) in [5.41, 5.74) is 2.47. The van der Waals surface area contributed by atoms with Crippen LogP contribution in [0.2, 0.25) is 0 Å². The standard InChI is InChI=1S/C21H27FN4O2S.HI/c1-3-23-21(25-14-17-6-11-20(22)15(2)12-17)24-13-16-4-9-19(10-5-16)29(27,28)26-18-7-8-18;/h4-6,9-12,18,26H,3,7-8,13-14H2,1-2H3,(H2,23,24,25);1H. The van der Waals surface area contributed by atoms with Gasteiger partial charge in [-0.2, -0.15) is 0 Å². The van der Waals surface area contributed by atoms with Crippen LogP contribution < -0.4 is 15.4 Å². The summed E-state index contributed by atoms with van der Waals surface area (Å²) < 4.78 is 40.5. The molecular weight excluding hydrogens is 518 g/mol. The van der Waals surface area contributed by atoms with Gasteiger partial charge in [0.2, 0.25) is 10.0 Å². The number of nitrogens with zero attached hydrogens (tertiary/aromatic N) is 1. The summed E-state index contributed by atoms with van der Waals surface area (Å²) in [5, 5.41) is 6.41. The zero-order valence-corrected chi connectivity index (χ0v) is 20.3. The molecule has 164 valence electrons. The van der Waals surface area contributed by atoms with E-state index in [1.165, 1.54) is 6.07 Å². The first kappa shape index (κ1) is 24.5. The van der Waals surface area contributed by atoms with Crippen LogP contribution in [0.15, 0.2) is 52.4 Å². The Morgan fingerprint density at radius 3 is 2.37 bits per heavy atom. The van der Waals surface area contributed by atoms with Crippen LogP contribution in [0.5, 0.6) is 0 Å². The Hall–Kier alpha value is -1.72. The minimum atomic E-state index is -3.43. The predicted molar refractivity (Wildman–Crippen MR) is 128 cm³/mol. The molecule has 3 rings (SSSR count). The number of aliphatic imine (C=N–C) groups is 1. The average molecular weight is 546 g/mol. The molecule has 0 unspecified atom stereocenters. The van der Waals surface area contributed by atoms with Crippen molar-refractivity contribution in [3.8, 4) is 0 Å². The minimum absolute atomic E-state index is 0. The highest BCUT2D eigenvalue weighted by atomic mass is 127. The fourth-order valence-corrected chi connectivity index (χ4v) is 4.08. The number of hydrogen-bond acceptors (Lipinski definition) is 3. The lowest BCUT2D eigenvalue weighted by Gasteiger charge is -2.12. The molecule has 0 radical (unpaired) electrons. The summed E-state index contributed by atoms with van der Waals surface area (Å²) in [6.45, 7) is 5.35. The Bertz CT molecular complexity index is 977. The third-order valence-electron chi connectivity index (χ3n) is 4.58. The minimum Gasteiger partial charge on any atom is -0.357 e. The first-order chi connectivity index (χ1) is 13.9. The topological polar surface area (TPSA) is 82.6 Å². The molecule has 1 fully saturated rings. The van der Waals surface area contributed by atoms with E-state index in [1.54, 1.807) is 43.3 Å². The molecule has 0 saturated heterocycles. The van der Waals surface area contributed by atoms with Gasteiger partial charge in [-0.1, -0.05) is 24.3 Å². The van der Waals surface area contributed by atoms with E-state index in [9.17, 15) is 12.8 Å². The number of benzene rings is 2. The quantitative estimate of drug-likeness (QED) is 0.269. The molecule has 0 spiro atoms. The van der Waals surface area contributed by atoms with Gasteiger partial charge in [-0.05, 0) is 61.6 Å². The third kappa shape index (κ3) is 7.21. The van der Waals surface area contributed by atoms with E-state index in [4.69, 9.17) is 0 Å². The lowest BCUT2D eigenvalue weighted by atomic mass is 10.1. The van der Waals surface area contributed by atoms with Crippen LogP contribution in [0.25, 0.3) is 0 Å². The zero-order chi connectivity index (χ0) is 20.9.